The molecule has 0 fully saturated rings. The Morgan fingerprint density at radius 1 is 1.20 bits per heavy atom. The number of aliphatic hydroxyl groups excluding tert-OH is 1. The van der Waals surface area contributed by atoms with Gasteiger partial charge in [-0.05, 0) is 43.4 Å². The first-order valence-electron chi connectivity index (χ1n) is 5.29. The van der Waals surface area contributed by atoms with Crippen molar-refractivity contribution >= 4 is 0 Å². The van der Waals surface area contributed by atoms with Gasteiger partial charge in [0.1, 0.15) is 5.75 Å². The van der Waals surface area contributed by atoms with E-state index < -0.39 is 0 Å². The predicted octanol–water partition coefficient (Wildman–Crippen LogP) is 3.48. The van der Waals surface area contributed by atoms with Crippen molar-refractivity contribution in [3.05, 3.63) is 42.2 Å². The first-order chi connectivity index (χ1) is 7.36. The smallest absolute Gasteiger partial charge is 0.118 e. The molecule has 0 bridgehead atoms. The molecule has 0 spiro atoms. The second-order valence-corrected chi connectivity index (χ2v) is 3.48. The Labute approximate surface area is 91.2 Å². The van der Waals surface area contributed by atoms with E-state index in [2.05, 4.69) is 12.1 Å². The first-order valence-corrected chi connectivity index (χ1v) is 5.29. The van der Waals surface area contributed by atoms with Gasteiger partial charge in [-0.3, -0.25) is 0 Å². The third kappa shape index (κ3) is 4.54. The Morgan fingerprint density at radius 2 is 1.93 bits per heavy atom. The van der Waals surface area contributed by atoms with Gasteiger partial charge in [-0.15, -0.1) is 0 Å². The topological polar surface area (TPSA) is 29.5 Å². The first kappa shape index (κ1) is 11.6. The summed E-state index contributed by atoms with van der Waals surface area (Å²) in [4.78, 5) is 0. The van der Waals surface area contributed by atoms with Crippen molar-refractivity contribution in [3.63, 3.8) is 0 Å². The summed E-state index contributed by atoms with van der Waals surface area (Å²) in [6.45, 7) is 0. The molecule has 1 rings (SSSR count). The van der Waals surface area contributed by atoms with Gasteiger partial charge < -0.3 is 9.84 Å². The van der Waals surface area contributed by atoms with Crippen molar-refractivity contribution in [2.24, 2.45) is 0 Å². The van der Waals surface area contributed by atoms with Crippen molar-refractivity contribution in [2.45, 2.75) is 25.7 Å². The van der Waals surface area contributed by atoms with E-state index in [0.717, 1.165) is 37.7 Å². The molecule has 0 unspecified atom stereocenters. The van der Waals surface area contributed by atoms with Crippen LogP contribution in [0, 0.1) is 0 Å². The van der Waals surface area contributed by atoms with E-state index >= 15 is 0 Å². The van der Waals surface area contributed by atoms with Crippen molar-refractivity contribution in [1.29, 1.82) is 0 Å². The van der Waals surface area contributed by atoms with E-state index in [-0.39, 0.29) is 0 Å². The molecule has 1 aromatic carbocycles. The van der Waals surface area contributed by atoms with Crippen LogP contribution in [0.25, 0.3) is 0 Å². The Morgan fingerprint density at radius 3 is 2.53 bits per heavy atom. The van der Waals surface area contributed by atoms with Crippen LogP contribution in [0.4, 0.5) is 0 Å². The highest BCUT2D eigenvalue weighted by atomic mass is 16.5. The average Bonchev–Trinajstić information content (AvgIpc) is 2.30. The molecule has 0 aliphatic carbocycles. The quantitative estimate of drug-likeness (QED) is 0.570. The molecule has 0 aliphatic rings. The second-order valence-electron chi connectivity index (χ2n) is 3.48. The molecule has 2 heteroatoms. The number of aliphatic hydroxyl groups is 1. The Kier molecular flexibility index (Phi) is 5.38. The second kappa shape index (κ2) is 6.93. The van der Waals surface area contributed by atoms with Crippen LogP contribution in [0.15, 0.2) is 36.6 Å². The minimum atomic E-state index is 0.905. The molecule has 0 atom stereocenters. The van der Waals surface area contributed by atoms with E-state index in [1.54, 1.807) is 13.2 Å². The molecular formula is C13H18O2. The summed E-state index contributed by atoms with van der Waals surface area (Å²) in [5, 5.41) is 8.45. The monoisotopic (exact) mass is 206 g/mol. The van der Waals surface area contributed by atoms with Crippen LogP contribution in [0.2, 0.25) is 0 Å². The molecule has 2 nitrogen and oxygen atoms in total. The van der Waals surface area contributed by atoms with Crippen molar-refractivity contribution < 1.29 is 9.84 Å². The summed E-state index contributed by atoms with van der Waals surface area (Å²) in [5.74, 6) is 0.905. The van der Waals surface area contributed by atoms with E-state index in [0.29, 0.717) is 0 Å². The van der Waals surface area contributed by atoms with Gasteiger partial charge >= 0.3 is 0 Å². The van der Waals surface area contributed by atoms with Crippen LogP contribution in [0.3, 0.4) is 0 Å². The summed E-state index contributed by atoms with van der Waals surface area (Å²) in [5.41, 5.74) is 1.34. The highest BCUT2D eigenvalue weighted by Crippen LogP contribution is 2.13. The summed E-state index contributed by atoms with van der Waals surface area (Å²) in [6, 6.07) is 8.17. The zero-order valence-corrected chi connectivity index (χ0v) is 9.15. The molecule has 0 aromatic heterocycles. The summed E-state index contributed by atoms with van der Waals surface area (Å²) < 4.78 is 5.09. The highest BCUT2D eigenvalue weighted by molar-refractivity contribution is 5.27. The molecule has 0 saturated heterocycles. The lowest BCUT2D eigenvalue weighted by molar-refractivity contribution is 0.414. The fourth-order valence-corrected chi connectivity index (χ4v) is 1.46. The number of hydrogen-bond acceptors (Lipinski definition) is 2. The predicted molar refractivity (Wildman–Crippen MR) is 62.3 cm³/mol. The lowest BCUT2D eigenvalue weighted by atomic mass is 10.1. The summed E-state index contributed by atoms with van der Waals surface area (Å²) >= 11 is 0. The summed E-state index contributed by atoms with van der Waals surface area (Å²) in [6.07, 6.45) is 7.21. The maximum absolute atomic E-state index is 8.45. The van der Waals surface area contributed by atoms with Gasteiger partial charge in [-0.1, -0.05) is 18.2 Å². The van der Waals surface area contributed by atoms with Crippen molar-refractivity contribution in [3.8, 4) is 5.75 Å². The van der Waals surface area contributed by atoms with Crippen LogP contribution < -0.4 is 4.74 Å². The average molecular weight is 206 g/mol. The van der Waals surface area contributed by atoms with E-state index in [1.165, 1.54) is 5.56 Å². The van der Waals surface area contributed by atoms with Gasteiger partial charge in [0.2, 0.25) is 0 Å². The van der Waals surface area contributed by atoms with Gasteiger partial charge in [0.05, 0.1) is 13.4 Å². The maximum atomic E-state index is 8.45. The lowest BCUT2D eigenvalue weighted by Gasteiger charge is -2.02. The number of aryl methyl sites for hydroxylation is 1. The molecule has 0 radical (unpaired) electrons. The molecule has 0 aliphatic heterocycles. The molecule has 15 heavy (non-hydrogen) atoms. The lowest BCUT2D eigenvalue weighted by Crippen LogP contribution is -1.87. The Balaban J connectivity index is 2.25. The number of benzene rings is 1. The van der Waals surface area contributed by atoms with Gasteiger partial charge in [-0.25, -0.2) is 0 Å². The molecule has 0 heterocycles. The fraction of sp³-hybridized carbons (Fsp3) is 0.385. The molecular weight excluding hydrogens is 188 g/mol. The number of ether oxygens (including phenoxy) is 1. The van der Waals surface area contributed by atoms with Gasteiger partial charge in [0.15, 0.2) is 0 Å². The van der Waals surface area contributed by atoms with Gasteiger partial charge in [-0.2, -0.15) is 0 Å². The summed E-state index contributed by atoms with van der Waals surface area (Å²) in [7, 11) is 1.68. The normalized spacial score (nSPS) is 10.7. The third-order valence-electron chi connectivity index (χ3n) is 2.35. The highest BCUT2D eigenvalue weighted by Gasteiger charge is 1.94. The molecule has 0 saturated carbocycles. The zero-order valence-electron chi connectivity index (χ0n) is 9.15. The zero-order chi connectivity index (χ0) is 10.9. The van der Waals surface area contributed by atoms with Gasteiger partial charge in [0, 0.05) is 0 Å². The SMILES string of the molecule is COc1ccc(CCCCC=CO)cc1. The van der Waals surface area contributed by atoms with Crippen LogP contribution in [-0.4, -0.2) is 12.2 Å². The van der Waals surface area contributed by atoms with Gasteiger partial charge in [0.25, 0.3) is 0 Å². The Bertz CT molecular complexity index is 288. The minimum Gasteiger partial charge on any atom is -0.516 e. The molecule has 1 N–H and O–H groups in total. The number of methoxy groups -OCH3 is 1. The van der Waals surface area contributed by atoms with E-state index in [1.807, 2.05) is 12.1 Å². The van der Waals surface area contributed by atoms with E-state index in [9.17, 15) is 0 Å². The van der Waals surface area contributed by atoms with Crippen LogP contribution >= 0.6 is 0 Å². The third-order valence-corrected chi connectivity index (χ3v) is 2.35. The largest absolute Gasteiger partial charge is 0.516 e. The number of rotatable bonds is 6. The van der Waals surface area contributed by atoms with E-state index in [4.69, 9.17) is 9.84 Å². The molecule has 1 aromatic rings. The Hall–Kier alpha value is -1.44. The van der Waals surface area contributed by atoms with Crippen molar-refractivity contribution in [1.82, 2.24) is 0 Å². The minimum absolute atomic E-state index is 0.905. The van der Waals surface area contributed by atoms with Crippen LogP contribution in [0.1, 0.15) is 24.8 Å². The number of unbranched alkanes of at least 4 members (excludes halogenated alkanes) is 2. The standard InChI is InChI=1S/C13H18O2/c1-15-13-9-7-12(8-10-13)6-4-2-3-5-11-14/h5,7-11,14H,2-4,6H2,1H3. The number of allylic oxidation sites excluding steroid dienone is 1. The molecule has 82 valence electrons. The van der Waals surface area contributed by atoms with Crippen molar-refractivity contribution in [2.75, 3.05) is 7.11 Å². The number of hydrogen-bond donors (Lipinski definition) is 1. The molecule has 0 amide bonds. The van der Waals surface area contributed by atoms with Crippen LogP contribution in [0.5, 0.6) is 5.75 Å². The maximum Gasteiger partial charge on any atom is 0.118 e. The van der Waals surface area contributed by atoms with Crippen LogP contribution in [-0.2, 0) is 6.42 Å². The fourth-order valence-electron chi connectivity index (χ4n) is 1.46.